The summed E-state index contributed by atoms with van der Waals surface area (Å²) in [7, 11) is 0. The summed E-state index contributed by atoms with van der Waals surface area (Å²) in [6.07, 6.45) is -3.88. The highest BCUT2D eigenvalue weighted by Gasteiger charge is 2.28. The van der Waals surface area contributed by atoms with Gasteiger partial charge in [0.25, 0.3) is 0 Å². The van der Waals surface area contributed by atoms with Crippen LogP contribution in [-0.2, 0) is 6.42 Å². The molecule has 1 aromatic carbocycles. The van der Waals surface area contributed by atoms with E-state index >= 15 is 0 Å². The maximum absolute atomic E-state index is 13.4. The van der Waals surface area contributed by atoms with Crippen molar-refractivity contribution < 1.29 is 22.3 Å². The van der Waals surface area contributed by atoms with Gasteiger partial charge in [0.1, 0.15) is 29.1 Å². The van der Waals surface area contributed by atoms with Gasteiger partial charge in [-0.15, -0.1) is 0 Å². The van der Waals surface area contributed by atoms with Crippen molar-refractivity contribution in [1.82, 2.24) is 9.97 Å². The minimum atomic E-state index is -4.37. The maximum Gasteiger partial charge on any atom is 0.422 e. The molecule has 1 aromatic heterocycles. The second-order valence-electron chi connectivity index (χ2n) is 5.72. The summed E-state index contributed by atoms with van der Waals surface area (Å²) in [5.41, 5.74) is 1.63. The molecule has 142 valence electrons. The number of anilines is 1. The number of nitrogens with one attached hydrogen (secondary N) is 1. The van der Waals surface area contributed by atoms with Crippen molar-refractivity contribution in [2.75, 3.05) is 18.5 Å². The molecule has 0 amide bonds. The minimum absolute atomic E-state index is 0.117. The van der Waals surface area contributed by atoms with Gasteiger partial charge in [-0.2, -0.15) is 13.2 Å². The van der Waals surface area contributed by atoms with Crippen LogP contribution < -0.4 is 10.1 Å². The van der Waals surface area contributed by atoms with Crippen molar-refractivity contribution in [3.8, 4) is 5.75 Å². The van der Waals surface area contributed by atoms with Crippen molar-refractivity contribution >= 4 is 17.4 Å². The van der Waals surface area contributed by atoms with Gasteiger partial charge in [0.2, 0.25) is 0 Å². The van der Waals surface area contributed by atoms with Crippen molar-refractivity contribution in [3.63, 3.8) is 0 Å². The van der Waals surface area contributed by atoms with Crippen molar-refractivity contribution in [1.29, 1.82) is 0 Å². The predicted molar refractivity (Wildman–Crippen MR) is 91.5 cm³/mol. The van der Waals surface area contributed by atoms with Crippen LogP contribution in [0.3, 0.4) is 0 Å². The Morgan fingerprint density at radius 1 is 1.27 bits per heavy atom. The summed E-state index contributed by atoms with van der Waals surface area (Å²) in [6, 6.07) is 4.96. The Labute approximate surface area is 153 Å². The smallest absolute Gasteiger partial charge is 0.422 e. The quantitative estimate of drug-likeness (QED) is 0.670. The van der Waals surface area contributed by atoms with E-state index in [-0.39, 0.29) is 16.5 Å². The molecule has 0 fully saturated rings. The fourth-order valence-corrected chi connectivity index (χ4v) is 2.61. The topological polar surface area (TPSA) is 47.0 Å². The maximum atomic E-state index is 13.4. The monoisotopic (exact) mass is 391 g/mol. The van der Waals surface area contributed by atoms with Gasteiger partial charge in [-0.3, -0.25) is 0 Å². The Morgan fingerprint density at radius 2 is 2.00 bits per heavy atom. The second-order valence-corrected chi connectivity index (χ2v) is 6.10. The molecular weight excluding hydrogens is 374 g/mol. The number of benzene rings is 1. The predicted octanol–water partition coefficient (Wildman–Crippen LogP) is 5.06. The van der Waals surface area contributed by atoms with Gasteiger partial charge < -0.3 is 10.1 Å². The Hall–Kier alpha value is -2.09. The van der Waals surface area contributed by atoms with Crippen LogP contribution in [0.25, 0.3) is 0 Å². The summed E-state index contributed by atoms with van der Waals surface area (Å²) in [6.45, 7) is 2.15. The van der Waals surface area contributed by atoms with E-state index in [0.717, 1.165) is 5.56 Å². The van der Waals surface area contributed by atoms with Crippen molar-refractivity contribution in [2.24, 2.45) is 0 Å². The average molecular weight is 392 g/mol. The lowest BCUT2D eigenvalue weighted by molar-refractivity contribution is -0.153. The Morgan fingerprint density at radius 3 is 2.62 bits per heavy atom. The van der Waals surface area contributed by atoms with E-state index in [2.05, 4.69) is 15.3 Å². The highest BCUT2D eigenvalue weighted by Crippen LogP contribution is 2.28. The van der Waals surface area contributed by atoms with Gasteiger partial charge in [-0.1, -0.05) is 23.7 Å². The first-order valence-corrected chi connectivity index (χ1v) is 8.22. The molecule has 0 aliphatic rings. The normalized spacial score (nSPS) is 12.7. The molecule has 1 unspecified atom stereocenters. The van der Waals surface area contributed by atoms with Gasteiger partial charge in [-0.25, -0.2) is 14.4 Å². The van der Waals surface area contributed by atoms with E-state index in [9.17, 15) is 17.6 Å². The fraction of sp³-hybridized carbons (Fsp3) is 0.412. The molecule has 0 aliphatic carbocycles. The summed E-state index contributed by atoms with van der Waals surface area (Å²) in [5, 5.41) is 3.14. The van der Waals surface area contributed by atoms with E-state index < -0.39 is 19.0 Å². The number of nitrogens with zero attached hydrogens (tertiary/aromatic N) is 2. The number of ether oxygens (including phenoxy) is 1. The van der Waals surface area contributed by atoms with Crippen LogP contribution in [0.1, 0.15) is 29.9 Å². The van der Waals surface area contributed by atoms with Crippen LogP contribution in [0, 0.1) is 6.92 Å². The summed E-state index contributed by atoms with van der Waals surface area (Å²) in [4.78, 5) is 7.79. The first-order chi connectivity index (χ1) is 12.2. The molecule has 0 spiro atoms. The zero-order valence-electron chi connectivity index (χ0n) is 14.2. The van der Waals surface area contributed by atoms with Crippen LogP contribution >= 0.6 is 11.6 Å². The van der Waals surface area contributed by atoms with Gasteiger partial charge in [-0.05, 0) is 37.5 Å². The first kappa shape index (κ1) is 20.2. The number of alkyl halides is 4. The lowest BCUT2D eigenvalue weighted by Crippen LogP contribution is -2.19. The molecule has 2 aromatic rings. The second kappa shape index (κ2) is 8.53. The van der Waals surface area contributed by atoms with Gasteiger partial charge in [0.15, 0.2) is 6.61 Å². The third-order valence-corrected chi connectivity index (χ3v) is 3.90. The van der Waals surface area contributed by atoms with Crippen LogP contribution in [0.15, 0.2) is 24.5 Å². The van der Waals surface area contributed by atoms with Crippen LogP contribution in [-0.4, -0.2) is 29.3 Å². The largest absolute Gasteiger partial charge is 0.484 e. The molecule has 9 heteroatoms. The summed E-state index contributed by atoms with van der Waals surface area (Å²) < 4.78 is 54.8. The molecule has 0 saturated heterocycles. The summed E-state index contributed by atoms with van der Waals surface area (Å²) in [5.74, 6) is 0.530. The van der Waals surface area contributed by atoms with Crippen LogP contribution in [0.2, 0.25) is 5.02 Å². The zero-order valence-corrected chi connectivity index (χ0v) is 15.0. The standard InChI is InChI=1S/C17H18ClF4N3O/c1-10-7-12(3-4-13(10)26-8-17(20,21)22)5-6-23-16-14(18)15(11(2)19)24-9-25-16/h3-4,7,9,11H,5-6,8H2,1-2H3,(H,23,24,25). The molecule has 0 radical (unpaired) electrons. The molecular formula is C17H18ClF4N3O. The highest BCUT2D eigenvalue weighted by atomic mass is 35.5. The van der Waals surface area contributed by atoms with E-state index in [1.165, 1.54) is 19.3 Å². The Kier molecular flexibility index (Phi) is 6.63. The SMILES string of the molecule is Cc1cc(CCNc2ncnc(C(C)F)c2Cl)ccc1OCC(F)(F)F. The van der Waals surface area contributed by atoms with E-state index in [1.54, 1.807) is 19.1 Å². The molecule has 1 atom stereocenters. The van der Waals surface area contributed by atoms with Crippen LogP contribution in [0.5, 0.6) is 5.75 Å². The molecule has 0 saturated carbocycles. The number of aryl methyl sites for hydroxylation is 1. The lowest BCUT2D eigenvalue weighted by atomic mass is 10.1. The van der Waals surface area contributed by atoms with Crippen LogP contribution in [0.4, 0.5) is 23.4 Å². The number of halogens is 5. The highest BCUT2D eigenvalue weighted by molar-refractivity contribution is 6.33. The number of hydrogen-bond acceptors (Lipinski definition) is 4. The molecule has 0 bridgehead atoms. The average Bonchev–Trinajstić information content (AvgIpc) is 2.54. The third-order valence-electron chi connectivity index (χ3n) is 3.53. The zero-order chi connectivity index (χ0) is 19.3. The van der Waals surface area contributed by atoms with Gasteiger partial charge in [0.05, 0.1) is 5.69 Å². The number of hydrogen-bond donors (Lipinski definition) is 1. The van der Waals surface area contributed by atoms with Crippen molar-refractivity contribution in [3.05, 3.63) is 46.4 Å². The van der Waals surface area contributed by atoms with Gasteiger partial charge in [0, 0.05) is 6.54 Å². The molecule has 2 rings (SSSR count). The van der Waals surface area contributed by atoms with E-state index in [1.807, 2.05) is 0 Å². The van der Waals surface area contributed by atoms with E-state index in [4.69, 9.17) is 16.3 Å². The molecule has 0 aliphatic heterocycles. The third kappa shape index (κ3) is 5.72. The Balaban J connectivity index is 1.94. The summed E-state index contributed by atoms with van der Waals surface area (Å²) >= 11 is 6.07. The fourth-order valence-electron chi connectivity index (χ4n) is 2.30. The number of aromatic nitrogens is 2. The molecule has 4 nitrogen and oxygen atoms in total. The molecule has 1 heterocycles. The number of rotatable bonds is 7. The minimum Gasteiger partial charge on any atom is -0.484 e. The van der Waals surface area contributed by atoms with E-state index in [0.29, 0.717) is 24.3 Å². The molecule has 26 heavy (non-hydrogen) atoms. The lowest BCUT2D eigenvalue weighted by Gasteiger charge is -2.13. The Bertz CT molecular complexity index is 753. The van der Waals surface area contributed by atoms with Crippen molar-refractivity contribution in [2.45, 2.75) is 32.6 Å². The molecule has 1 N–H and O–H groups in total. The first-order valence-electron chi connectivity index (χ1n) is 7.85. The van der Waals surface area contributed by atoms with Gasteiger partial charge >= 0.3 is 6.18 Å².